The molecule has 2 atom stereocenters. The molecule has 2 unspecified atom stereocenters. The normalized spacial score (nSPS) is 12.6. The van der Waals surface area contributed by atoms with Gasteiger partial charge in [0.2, 0.25) is 5.91 Å². The average molecular weight is 219 g/mol. The van der Waals surface area contributed by atoms with E-state index in [0.717, 1.165) is 19.4 Å². The van der Waals surface area contributed by atoms with Crippen molar-refractivity contribution >= 4 is 15.4 Å². The van der Waals surface area contributed by atoms with Crippen molar-refractivity contribution in [2.75, 3.05) is 13.2 Å². The maximum absolute atomic E-state index is 11.7. The molecule has 0 heterocycles. The van der Waals surface area contributed by atoms with Crippen LogP contribution >= 0.6 is 9.47 Å². The van der Waals surface area contributed by atoms with Gasteiger partial charge in [-0.3, -0.25) is 4.79 Å². The minimum Gasteiger partial charge on any atom is -0.364 e. The van der Waals surface area contributed by atoms with E-state index < -0.39 is 0 Å². The first kappa shape index (κ1) is 13.9. The van der Waals surface area contributed by atoms with Gasteiger partial charge in [-0.1, -0.05) is 13.8 Å². The summed E-state index contributed by atoms with van der Waals surface area (Å²) in [7, 11) is 2.24. The van der Waals surface area contributed by atoms with Crippen LogP contribution < -0.4 is 0 Å². The number of likely N-dealkylation sites (N-methyl/N-ethyl adjacent to an activating group) is 1. The zero-order valence-electron chi connectivity index (χ0n) is 9.45. The minimum atomic E-state index is 0.219. The molecule has 0 aliphatic heterocycles. The van der Waals surface area contributed by atoms with Crippen LogP contribution in [0, 0.1) is 0 Å². The van der Waals surface area contributed by atoms with Crippen molar-refractivity contribution in [2.24, 2.45) is 0 Å². The predicted octanol–water partition coefficient (Wildman–Crippen LogP) is 2.22. The van der Waals surface area contributed by atoms with Crippen LogP contribution in [-0.2, 0) is 9.32 Å². The summed E-state index contributed by atoms with van der Waals surface area (Å²) >= 11 is 0. The first-order valence-corrected chi connectivity index (χ1v) is 5.79. The van der Waals surface area contributed by atoms with Gasteiger partial charge in [-0.05, 0) is 19.8 Å². The average Bonchev–Trinajstić information content (AvgIpc) is 2.18. The lowest BCUT2D eigenvalue weighted by atomic mass is 10.2. The van der Waals surface area contributed by atoms with Crippen LogP contribution in [0.25, 0.3) is 0 Å². The van der Waals surface area contributed by atoms with Crippen molar-refractivity contribution in [3.05, 3.63) is 0 Å². The lowest BCUT2D eigenvalue weighted by molar-refractivity contribution is -0.134. The van der Waals surface area contributed by atoms with Crippen molar-refractivity contribution < 1.29 is 9.32 Å². The van der Waals surface area contributed by atoms with E-state index in [2.05, 4.69) is 16.4 Å². The van der Waals surface area contributed by atoms with Crippen LogP contribution in [-0.4, -0.2) is 30.0 Å². The fourth-order valence-electron chi connectivity index (χ4n) is 1.53. The summed E-state index contributed by atoms with van der Waals surface area (Å²) in [6.45, 7) is 7.49. The monoisotopic (exact) mass is 219 g/mol. The number of carbonyl (C=O) groups is 1. The van der Waals surface area contributed by atoms with E-state index in [-0.39, 0.29) is 11.9 Å². The number of amides is 1. The van der Waals surface area contributed by atoms with Crippen molar-refractivity contribution in [3.63, 3.8) is 0 Å². The van der Waals surface area contributed by atoms with Crippen LogP contribution in [0.5, 0.6) is 0 Å². The third-order valence-electron chi connectivity index (χ3n) is 2.33. The first-order valence-electron chi connectivity index (χ1n) is 5.32. The van der Waals surface area contributed by atoms with Gasteiger partial charge in [-0.25, -0.2) is 0 Å². The van der Waals surface area contributed by atoms with Crippen molar-refractivity contribution in [3.8, 4) is 0 Å². The SMILES string of the molecule is CCCC(=O)N(CC)C(CC)COP. The van der Waals surface area contributed by atoms with Gasteiger partial charge in [-0.2, -0.15) is 0 Å². The van der Waals surface area contributed by atoms with Crippen LogP contribution in [0.3, 0.4) is 0 Å². The smallest absolute Gasteiger partial charge is 0.222 e. The zero-order chi connectivity index (χ0) is 11.0. The Hall–Kier alpha value is -0.140. The molecule has 0 N–H and O–H groups in total. The molecule has 0 spiro atoms. The summed E-state index contributed by atoms with van der Waals surface area (Å²) in [5.74, 6) is 0.240. The van der Waals surface area contributed by atoms with E-state index in [0.29, 0.717) is 13.0 Å². The summed E-state index contributed by atoms with van der Waals surface area (Å²) in [4.78, 5) is 13.6. The summed E-state index contributed by atoms with van der Waals surface area (Å²) in [5.41, 5.74) is 0. The summed E-state index contributed by atoms with van der Waals surface area (Å²) in [6.07, 6.45) is 2.49. The third-order valence-corrected chi connectivity index (χ3v) is 2.52. The highest BCUT2D eigenvalue weighted by atomic mass is 31.0. The van der Waals surface area contributed by atoms with Crippen LogP contribution in [0.15, 0.2) is 0 Å². The minimum absolute atomic E-state index is 0.219. The molecular formula is C10H22NO2P. The molecule has 0 aromatic rings. The summed E-state index contributed by atoms with van der Waals surface area (Å²) < 4.78 is 5.03. The molecule has 0 radical (unpaired) electrons. The number of hydrogen-bond donors (Lipinski definition) is 0. The first-order chi connectivity index (χ1) is 6.71. The number of nitrogens with zero attached hydrogens (tertiary/aromatic N) is 1. The quantitative estimate of drug-likeness (QED) is 0.614. The lowest BCUT2D eigenvalue weighted by Crippen LogP contribution is -2.42. The number of carbonyl (C=O) groups excluding carboxylic acids is 1. The topological polar surface area (TPSA) is 29.5 Å². The Bertz CT molecular complexity index is 164. The summed E-state index contributed by atoms with van der Waals surface area (Å²) in [5, 5.41) is 0. The molecule has 0 bridgehead atoms. The Balaban J connectivity index is 4.26. The van der Waals surface area contributed by atoms with Gasteiger partial charge < -0.3 is 9.42 Å². The van der Waals surface area contributed by atoms with E-state index in [9.17, 15) is 4.79 Å². The Labute approximate surface area is 89.5 Å². The number of hydrogen-bond acceptors (Lipinski definition) is 2. The molecule has 14 heavy (non-hydrogen) atoms. The maximum Gasteiger partial charge on any atom is 0.222 e. The Morgan fingerprint density at radius 3 is 2.43 bits per heavy atom. The van der Waals surface area contributed by atoms with E-state index in [1.54, 1.807) is 0 Å². The van der Waals surface area contributed by atoms with Gasteiger partial charge in [0.25, 0.3) is 0 Å². The third kappa shape index (κ3) is 4.39. The van der Waals surface area contributed by atoms with Crippen LogP contribution in [0.1, 0.15) is 40.0 Å². The highest BCUT2D eigenvalue weighted by Gasteiger charge is 2.19. The molecule has 0 aliphatic carbocycles. The van der Waals surface area contributed by atoms with Crippen molar-refractivity contribution in [2.45, 2.75) is 46.1 Å². The molecule has 0 aliphatic rings. The molecule has 0 saturated carbocycles. The van der Waals surface area contributed by atoms with Crippen molar-refractivity contribution in [1.82, 2.24) is 4.90 Å². The van der Waals surface area contributed by atoms with Gasteiger partial charge in [0, 0.05) is 22.4 Å². The molecule has 0 aromatic carbocycles. The second-order valence-electron chi connectivity index (χ2n) is 3.33. The Morgan fingerprint density at radius 1 is 1.43 bits per heavy atom. The van der Waals surface area contributed by atoms with Gasteiger partial charge in [0.15, 0.2) is 0 Å². The van der Waals surface area contributed by atoms with Crippen LogP contribution in [0.4, 0.5) is 0 Å². The summed E-state index contributed by atoms with van der Waals surface area (Å²) in [6, 6.07) is 0.219. The fraction of sp³-hybridized carbons (Fsp3) is 0.900. The largest absolute Gasteiger partial charge is 0.364 e. The predicted molar refractivity (Wildman–Crippen MR) is 62.0 cm³/mol. The molecule has 1 amide bonds. The molecule has 0 rings (SSSR count). The molecule has 0 saturated heterocycles. The molecular weight excluding hydrogens is 197 g/mol. The van der Waals surface area contributed by atoms with Gasteiger partial charge in [0.05, 0.1) is 12.6 Å². The van der Waals surface area contributed by atoms with Crippen molar-refractivity contribution in [1.29, 1.82) is 0 Å². The van der Waals surface area contributed by atoms with Crippen LogP contribution in [0.2, 0.25) is 0 Å². The van der Waals surface area contributed by atoms with E-state index in [4.69, 9.17) is 4.52 Å². The zero-order valence-corrected chi connectivity index (χ0v) is 10.6. The number of rotatable bonds is 7. The maximum atomic E-state index is 11.7. The Morgan fingerprint density at radius 2 is 2.07 bits per heavy atom. The highest BCUT2D eigenvalue weighted by molar-refractivity contribution is 7.09. The molecule has 0 aromatic heterocycles. The second-order valence-corrected chi connectivity index (χ2v) is 3.66. The standard InChI is InChI=1S/C10H22NO2P/c1-4-7-10(12)11(6-3)9(5-2)8-13-14/h9H,4-8,14H2,1-3H3. The molecule has 84 valence electrons. The second kappa shape index (κ2) is 8.19. The van der Waals surface area contributed by atoms with E-state index >= 15 is 0 Å². The molecule has 3 nitrogen and oxygen atoms in total. The highest BCUT2D eigenvalue weighted by Crippen LogP contribution is 2.09. The molecule has 4 heteroatoms. The van der Waals surface area contributed by atoms with E-state index in [1.165, 1.54) is 0 Å². The van der Waals surface area contributed by atoms with E-state index in [1.807, 2.05) is 18.7 Å². The Kier molecular flexibility index (Phi) is 8.11. The van der Waals surface area contributed by atoms with Gasteiger partial charge >= 0.3 is 0 Å². The fourth-order valence-corrected chi connectivity index (χ4v) is 1.76. The lowest BCUT2D eigenvalue weighted by Gasteiger charge is -2.29. The molecule has 0 fully saturated rings. The van der Waals surface area contributed by atoms with Gasteiger partial charge in [0.1, 0.15) is 0 Å². The van der Waals surface area contributed by atoms with Gasteiger partial charge in [-0.15, -0.1) is 0 Å².